The van der Waals surface area contributed by atoms with Gasteiger partial charge in [0.15, 0.2) is 0 Å². The van der Waals surface area contributed by atoms with Crippen molar-refractivity contribution in [3.63, 3.8) is 0 Å². The first-order valence-electron chi connectivity index (χ1n) is 5.57. The second kappa shape index (κ2) is 5.00. The number of hydrogen-bond donors (Lipinski definition) is 1. The molecule has 1 heterocycles. The summed E-state index contributed by atoms with van der Waals surface area (Å²) in [7, 11) is -1.55. The number of nitrogens with zero attached hydrogens (tertiary/aromatic N) is 2. The van der Waals surface area contributed by atoms with Gasteiger partial charge in [-0.1, -0.05) is 0 Å². The van der Waals surface area contributed by atoms with Crippen molar-refractivity contribution >= 4 is 10.0 Å². The minimum atomic E-state index is -3.13. The van der Waals surface area contributed by atoms with E-state index < -0.39 is 10.0 Å². The fourth-order valence-corrected chi connectivity index (χ4v) is 2.60. The summed E-state index contributed by atoms with van der Waals surface area (Å²) >= 11 is 0. The summed E-state index contributed by atoms with van der Waals surface area (Å²) in [5.74, 6) is 0. The van der Waals surface area contributed by atoms with Gasteiger partial charge in [0, 0.05) is 32.2 Å². The Morgan fingerprint density at radius 2 is 2.06 bits per heavy atom. The molecule has 0 aromatic heterocycles. The maximum atomic E-state index is 11.3. The third-order valence-electron chi connectivity index (χ3n) is 3.13. The molecule has 1 fully saturated rings. The van der Waals surface area contributed by atoms with E-state index in [2.05, 4.69) is 18.7 Å². The van der Waals surface area contributed by atoms with Crippen molar-refractivity contribution in [2.24, 2.45) is 0 Å². The van der Waals surface area contributed by atoms with Crippen molar-refractivity contribution in [2.45, 2.75) is 38.5 Å². The van der Waals surface area contributed by atoms with Crippen LogP contribution in [0.5, 0.6) is 0 Å². The van der Waals surface area contributed by atoms with E-state index in [4.69, 9.17) is 0 Å². The highest BCUT2D eigenvalue weighted by atomic mass is 32.2. The summed E-state index contributed by atoms with van der Waals surface area (Å²) in [5, 5.41) is 9.62. The number of aliphatic hydroxyl groups excluding tert-OH is 1. The van der Waals surface area contributed by atoms with Crippen LogP contribution in [0.1, 0.15) is 20.3 Å². The molecule has 0 aromatic rings. The van der Waals surface area contributed by atoms with Crippen molar-refractivity contribution in [1.29, 1.82) is 0 Å². The van der Waals surface area contributed by atoms with Crippen LogP contribution in [0, 0.1) is 0 Å². The van der Waals surface area contributed by atoms with Crippen LogP contribution in [0.15, 0.2) is 0 Å². The molecule has 96 valence electrons. The first-order chi connectivity index (χ1) is 7.21. The van der Waals surface area contributed by atoms with Crippen molar-refractivity contribution in [3.05, 3.63) is 0 Å². The molecule has 16 heavy (non-hydrogen) atoms. The molecule has 6 heteroatoms. The minimum Gasteiger partial charge on any atom is -0.392 e. The normalized spacial score (nSPS) is 28.2. The summed E-state index contributed by atoms with van der Waals surface area (Å²) in [6, 6.07) is 0.449. The average Bonchev–Trinajstić information content (AvgIpc) is 2.45. The molecule has 0 bridgehead atoms. The molecule has 5 nitrogen and oxygen atoms in total. The van der Waals surface area contributed by atoms with E-state index >= 15 is 0 Å². The van der Waals surface area contributed by atoms with Gasteiger partial charge in [-0.05, 0) is 20.3 Å². The lowest BCUT2D eigenvalue weighted by Gasteiger charge is -2.30. The van der Waals surface area contributed by atoms with Crippen LogP contribution in [0.25, 0.3) is 0 Å². The number of likely N-dealkylation sites (N-methyl/N-ethyl adjacent to an activating group) is 1. The molecule has 1 N–H and O–H groups in total. The van der Waals surface area contributed by atoms with Crippen LogP contribution in [-0.4, -0.2) is 67.3 Å². The molecule has 1 rings (SSSR count). The molecule has 2 unspecified atom stereocenters. The zero-order valence-electron chi connectivity index (χ0n) is 10.4. The van der Waals surface area contributed by atoms with Crippen LogP contribution < -0.4 is 0 Å². The summed E-state index contributed by atoms with van der Waals surface area (Å²) in [6.07, 6.45) is 1.52. The Kier molecular flexibility index (Phi) is 4.34. The molecule has 0 aromatic carbocycles. The maximum absolute atomic E-state index is 11.3. The van der Waals surface area contributed by atoms with Crippen molar-refractivity contribution < 1.29 is 13.5 Å². The van der Waals surface area contributed by atoms with Gasteiger partial charge in [0.25, 0.3) is 0 Å². The highest BCUT2D eigenvalue weighted by molar-refractivity contribution is 7.88. The SMILES string of the molecule is CC(C)N1CC(O)CC1CN(C)S(C)(=O)=O. The van der Waals surface area contributed by atoms with Crippen LogP contribution in [0.4, 0.5) is 0 Å². The topological polar surface area (TPSA) is 60.9 Å². The zero-order chi connectivity index (χ0) is 12.5. The highest BCUT2D eigenvalue weighted by Crippen LogP contribution is 2.21. The Labute approximate surface area is 98.1 Å². The van der Waals surface area contributed by atoms with Crippen LogP contribution in [0.3, 0.4) is 0 Å². The molecule has 0 amide bonds. The molecule has 0 radical (unpaired) electrons. The highest BCUT2D eigenvalue weighted by Gasteiger charge is 2.34. The van der Waals surface area contributed by atoms with Crippen LogP contribution in [0.2, 0.25) is 0 Å². The first kappa shape index (κ1) is 13.9. The van der Waals surface area contributed by atoms with Crippen LogP contribution in [-0.2, 0) is 10.0 Å². The number of sulfonamides is 1. The Bertz CT molecular complexity index is 329. The third-order valence-corrected chi connectivity index (χ3v) is 4.41. The summed E-state index contributed by atoms with van der Waals surface area (Å²) < 4.78 is 24.0. The number of β-amino-alcohol motifs (C(OH)–C–C–N with tert-alkyl or cyclic N) is 1. The van der Waals surface area contributed by atoms with E-state index in [1.807, 2.05) is 0 Å². The van der Waals surface area contributed by atoms with Gasteiger partial charge in [0.05, 0.1) is 12.4 Å². The molecular weight excluding hydrogens is 228 g/mol. The Morgan fingerprint density at radius 1 is 1.50 bits per heavy atom. The molecule has 1 saturated heterocycles. The summed E-state index contributed by atoms with van der Waals surface area (Å²) in [5.41, 5.74) is 0. The largest absolute Gasteiger partial charge is 0.392 e. The van der Waals surface area contributed by atoms with E-state index in [-0.39, 0.29) is 12.1 Å². The van der Waals surface area contributed by atoms with Crippen molar-refractivity contribution in [2.75, 3.05) is 26.4 Å². The third kappa shape index (κ3) is 3.41. The predicted molar refractivity (Wildman–Crippen MR) is 63.7 cm³/mol. The van der Waals surface area contributed by atoms with Gasteiger partial charge in [-0.15, -0.1) is 0 Å². The first-order valence-corrected chi connectivity index (χ1v) is 7.41. The fourth-order valence-electron chi connectivity index (χ4n) is 2.16. The Hall–Kier alpha value is -0.170. The molecule has 1 aliphatic rings. The average molecular weight is 250 g/mol. The quantitative estimate of drug-likeness (QED) is 0.745. The molecule has 1 aliphatic heterocycles. The number of aliphatic hydroxyl groups is 1. The minimum absolute atomic E-state index is 0.120. The lowest BCUT2D eigenvalue weighted by Crippen LogP contribution is -2.43. The second-order valence-electron chi connectivity index (χ2n) is 4.88. The van der Waals surface area contributed by atoms with Gasteiger partial charge in [0.2, 0.25) is 10.0 Å². The van der Waals surface area contributed by atoms with Gasteiger partial charge in [-0.25, -0.2) is 12.7 Å². The van der Waals surface area contributed by atoms with Crippen molar-refractivity contribution in [3.8, 4) is 0 Å². The number of rotatable bonds is 4. The van der Waals surface area contributed by atoms with Gasteiger partial charge in [-0.2, -0.15) is 0 Å². The van der Waals surface area contributed by atoms with Crippen LogP contribution >= 0.6 is 0 Å². The lowest BCUT2D eigenvalue weighted by atomic mass is 10.2. The smallest absolute Gasteiger partial charge is 0.211 e. The second-order valence-corrected chi connectivity index (χ2v) is 6.97. The van der Waals surface area contributed by atoms with Crippen molar-refractivity contribution in [1.82, 2.24) is 9.21 Å². The Balaban J connectivity index is 2.66. The van der Waals surface area contributed by atoms with E-state index in [1.165, 1.54) is 10.6 Å². The molecule has 0 spiro atoms. The van der Waals surface area contributed by atoms with Gasteiger partial charge in [0.1, 0.15) is 0 Å². The fraction of sp³-hybridized carbons (Fsp3) is 1.00. The number of hydrogen-bond acceptors (Lipinski definition) is 4. The monoisotopic (exact) mass is 250 g/mol. The summed E-state index contributed by atoms with van der Waals surface area (Å²) in [4.78, 5) is 2.16. The molecule has 0 aliphatic carbocycles. The maximum Gasteiger partial charge on any atom is 0.211 e. The van der Waals surface area contributed by atoms with Gasteiger partial charge in [-0.3, -0.25) is 4.90 Å². The molecular formula is C10H22N2O3S. The molecule has 2 atom stereocenters. The van der Waals surface area contributed by atoms with E-state index in [9.17, 15) is 13.5 Å². The van der Waals surface area contributed by atoms with E-state index in [1.54, 1.807) is 7.05 Å². The van der Waals surface area contributed by atoms with E-state index in [0.717, 1.165) is 0 Å². The number of likely N-dealkylation sites (tertiary alicyclic amines) is 1. The van der Waals surface area contributed by atoms with Gasteiger partial charge < -0.3 is 5.11 Å². The Morgan fingerprint density at radius 3 is 2.50 bits per heavy atom. The molecule has 0 saturated carbocycles. The summed E-state index contributed by atoms with van der Waals surface area (Å²) in [6.45, 7) is 5.21. The standard InChI is InChI=1S/C10H22N2O3S/c1-8(2)12-7-10(13)5-9(12)6-11(3)16(4,14)15/h8-10,13H,5-7H2,1-4H3. The van der Waals surface area contributed by atoms with Gasteiger partial charge >= 0.3 is 0 Å². The lowest BCUT2D eigenvalue weighted by molar-refractivity contribution is 0.155. The van der Waals surface area contributed by atoms with E-state index in [0.29, 0.717) is 25.6 Å². The predicted octanol–water partition coefficient (Wildman–Crippen LogP) is -0.279. The zero-order valence-corrected chi connectivity index (χ0v) is 11.2.